The highest BCUT2D eigenvalue weighted by molar-refractivity contribution is 9.10. The first-order chi connectivity index (χ1) is 8.85. The minimum absolute atomic E-state index is 0.204. The summed E-state index contributed by atoms with van der Waals surface area (Å²) >= 11 is 3.11. The van der Waals surface area contributed by atoms with Gasteiger partial charge < -0.3 is 4.74 Å². The van der Waals surface area contributed by atoms with Crippen molar-refractivity contribution in [2.75, 3.05) is 0 Å². The van der Waals surface area contributed by atoms with Gasteiger partial charge in [0.15, 0.2) is 0 Å². The zero-order valence-corrected chi connectivity index (χ0v) is 10.9. The summed E-state index contributed by atoms with van der Waals surface area (Å²) in [4.78, 5) is 0. The largest absolute Gasteiger partial charge is 0.573 e. The number of hydrogen-bond donors (Lipinski definition) is 0. The molecule has 0 aliphatic rings. The molecule has 0 aliphatic heterocycles. The third-order valence-corrected chi connectivity index (χ3v) is 2.80. The molecule has 0 saturated carbocycles. The maximum atomic E-state index is 13.7. The molecule has 100 valence electrons. The quantitative estimate of drug-likeness (QED) is 0.690. The van der Waals surface area contributed by atoms with Crippen molar-refractivity contribution in [3.63, 3.8) is 0 Å². The van der Waals surface area contributed by atoms with Gasteiger partial charge in [-0.2, -0.15) is 0 Å². The average molecular weight is 335 g/mol. The molecule has 2 aromatic rings. The van der Waals surface area contributed by atoms with Crippen molar-refractivity contribution in [2.45, 2.75) is 6.36 Å². The fraction of sp³-hybridized carbons (Fsp3) is 0.0769. The standard InChI is InChI=1S/C13H7BrF4O/c14-9-4-5-11(12(15)7-9)8-2-1-3-10(6-8)19-13(16,17)18/h1-7H. The van der Waals surface area contributed by atoms with Crippen LogP contribution >= 0.6 is 15.9 Å². The van der Waals surface area contributed by atoms with Gasteiger partial charge >= 0.3 is 6.36 Å². The highest BCUT2D eigenvalue weighted by Gasteiger charge is 2.31. The molecule has 0 spiro atoms. The van der Waals surface area contributed by atoms with E-state index in [9.17, 15) is 17.6 Å². The summed E-state index contributed by atoms with van der Waals surface area (Å²) < 4.78 is 54.4. The Morgan fingerprint density at radius 2 is 1.74 bits per heavy atom. The van der Waals surface area contributed by atoms with Gasteiger partial charge in [-0.25, -0.2) is 4.39 Å². The zero-order valence-electron chi connectivity index (χ0n) is 9.34. The molecule has 2 rings (SSSR count). The minimum Gasteiger partial charge on any atom is -0.406 e. The molecule has 0 aromatic heterocycles. The summed E-state index contributed by atoms with van der Waals surface area (Å²) in [6.45, 7) is 0. The lowest BCUT2D eigenvalue weighted by Gasteiger charge is -2.10. The number of rotatable bonds is 2. The summed E-state index contributed by atoms with van der Waals surface area (Å²) in [6.07, 6.45) is -4.77. The molecule has 0 radical (unpaired) electrons. The molecule has 1 nitrogen and oxygen atoms in total. The Morgan fingerprint density at radius 1 is 1.00 bits per heavy atom. The molecule has 0 aliphatic carbocycles. The molecule has 19 heavy (non-hydrogen) atoms. The highest BCUT2D eigenvalue weighted by Crippen LogP contribution is 2.30. The van der Waals surface area contributed by atoms with Gasteiger partial charge in [0.05, 0.1) is 0 Å². The van der Waals surface area contributed by atoms with Crippen LogP contribution in [-0.2, 0) is 0 Å². The average Bonchev–Trinajstić information content (AvgIpc) is 2.26. The smallest absolute Gasteiger partial charge is 0.406 e. The van der Waals surface area contributed by atoms with Crippen LogP contribution in [0.4, 0.5) is 17.6 Å². The van der Waals surface area contributed by atoms with E-state index in [-0.39, 0.29) is 11.3 Å². The molecule has 6 heteroatoms. The molecular weight excluding hydrogens is 328 g/mol. The summed E-state index contributed by atoms with van der Waals surface area (Å²) in [5.41, 5.74) is 0.516. The Kier molecular flexibility index (Phi) is 3.80. The molecule has 0 saturated heterocycles. The van der Waals surface area contributed by atoms with Crippen molar-refractivity contribution >= 4 is 15.9 Å². The summed E-state index contributed by atoms with van der Waals surface area (Å²) in [6, 6.07) is 9.51. The van der Waals surface area contributed by atoms with E-state index in [1.807, 2.05) is 0 Å². The Morgan fingerprint density at radius 3 is 2.37 bits per heavy atom. The summed E-state index contributed by atoms with van der Waals surface area (Å²) in [5, 5.41) is 0. The van der Waals surface area contributed by atoms with Gasteiger partial charge in [-0.3, -0.25) is 0 Å². The molecule has 0 bridgehead atoms. The second-order valence-electron chi connectivity index (χ2n) is 3.70. The van der Waals surface area contributed by atoms with E-state index in [0.29, 0.717) is 10.0 Å². The molecule has 0 amide bonds. The van der Waals surface area contributed by atoms with Crippen LogP contribution in [0.15, 0.2) is 46.9 Å². The SMILES string of the molecule is Fc1cc(Br)ccc1-c1cccc(OC(F)(F)F)c1. The van der Waals surface area contributed by atoms with Crippen LogP contribution in [0.1, 0.15) is 0 Å². The van der Waals surface area contributed by atoms with Crippen molar-refractivity contribution in [1.82, 2.24) is 0 Å². The maximum absolute atomic E-state index is 13.7. The lowest BCUT2D eigenvalue weighted by molar-refractivity contribution is -0.274. The zero-order chi connectivity index (χ0) is 14.0. The normalized spacial score (nSPS) is 11.4. The van der Waals surface area contributed by atoms with Crippen molar-refractivity contribution in [3.8, 4) is 16.9 Å². The van der Waals surface area contributed by atoms with Gasteiger partial charge in [0.1, 0.15) is 11.6 Å². The molecular formula is C13H7BrF4O. The summed E-state index contributed by atoms with van der Waals surface area (Å²) in [7, 11) is 0. The highest BCUT2D eigenvalue weighted by atomic mass is 79.9. The van der Waals surface area contributed by atoms with Gasteiger partial charge in [-0.1, -0.05) is 34.1 Å². The topological polar surface area (TPSA) is 9.23 Å². The molecule has 0 unspecified atom stereocenters. The second kappa shape index (κ2) is 5.21. The van der Waals surface area contributed by atoms with Gasteiger partial charge in [-0.05, 0) is 29.8 Å². The van der Waals surface area contributed by atoms with Crippen LogP contribution in [0, 0.1) is 5.82 Å². The van der Waals surface area contributed by atoms with Crippen LogP contribution in [0.2, 0.25) is 0 Å². The second-order valence-corrected chi connectivity index (χ2v) is 4.62. The first-order valence-electron chi connectivity index (χ1n) is 5.16. The molecule has 2 aromatic carbocycles. The first-order valence-corrected chi connectivity index (χ1v) is 5.96. The van der Waals surface area contributed by atoms with E-state index in [2.05, 4.69) is 20.7 Å². The third-order valence-electron chi connectivity index (χ3n) is 2.31. The van der Waals surface area contributed by atoms with Crippen molar-refractivity contribution < 1.29 is 22.3 Å². The van der Waals surface area contributed by atoms with Gasteiger partial charge in [0.25, 0.3) is 0 Å². The van der Waals surface area contributed by atoms with E-state index >= 15 is 0 Å². The van der Waals surface area contributed by atoms with Crippen LogP contribution < -0.4 is 4.74 Å². The number of alkyl halides is 3. The summed E-state index contributed by atoms with van der Waals surface area (Å²) in [5.74, 6) is -0.911. The predicted molar refractivity (Wildman–Crippen MR) is 66.2 cm³/mol. The van der Waals surface area contributed by atoms with Crippen molar-refractivity contribution in [2.24, 2.45) is 0 Å². The van der Waals surface area contributed by atoms with E-state index in [4.69, 9.17) is 0 Å². The van der Waals surface area contributed by atoms with Gasteiger partial charge in [0.2, 0.25) is 0 Å². The van der Waals surface area contributed by atoms with Crippen LogP contribution in [0.3, 0.4) is 0 Å². The minimum atomic E-state index is -4.77. The van der Waals surface area contributed by atoms with E-state index in [0.717, 1.165) is 12.1 Å². The van der Waals surface area contributed by atoms with Gasteiger partial charge in [-0.15, -0.1) is 13.2 Å². The van der Waals surface area contributed by atoms with Crippen LogP contribution in [0.5, 0.6) is 5.75 Å². The van der Waals surface area contributed by atoms with E-state index in [1.165, 1.54) is 24.3 Å². The molecule has 0 heterocycles. The molecule has 0 N–H and O–H groups in total. The van der Waals surface area contributed by atoms with E-state index in [1.54, 1.807) is 6.07 Å². The van der Waals surface area contributed by atoms with Crippen molar-refractivity contribution in [3.05, 3.63) is 52.8 Å². The predicted octanol–water partition coefficient (Wildman–Crippen LogP) is 5.15. The lowest BCUT2D eigenvalue weighted by atomic mass is 10.1. The lowest BCUT2D eigenvalue weighted by Crippen LogP contribution is -2.17. The van der Waals surface area contributed by atoms with E-state index < -0.39 is 12.2 Å². The number of ether oxygens (including phenoxy) is 1. The van der Waals surface area contributed by atoms with Crippen LogP contribution in [-0.4, -0.2) is 6.36 Å². The Bertz CT molecular complexity index is 595. The third kappa shape index (κ3) is 3.70. The van der Waals surface area contributed by atoms with Gasteiger partial charge in [0, 0.05) is 10.0 Å². The fourth-order valence-corrected chi connectivity index (χ4v) is 1.92. The maximum Gasteiger partial charge on any atom is 0.573 e. The molecule has 0 atom stereocenters. The molecule has 0 fully saturated rings. The fourth-order valence-electron chi connectivity index (χ4n) is 1.58. The monoisotopic (exact) mass is 334 g/mol. The Hall–Kier alpha value is -1.56. The van der Waals surface area contributed by atoms with Crippen LogP contribution in [0.25, 0.3) is 11.1 Å². The first kappa shape index (κ1) is 13.9. The van der Waals surface area contributed by atoms with Crippen molar-refractivity contribution in [1.29, 1.82) is 0 Å². The number of hydrogen-bond acceptors (Lipinski definition) is 1. The Balaban J connectivity index is 2.38. The number of benzene rings is 2. The number of halogens is 5. The Labute approximate surface area is 114 Å².